The number of nitrogens with two attached hydrogens (primary N) is 1. The van der Waals surface area contributed by atoms with Gasteiger partial charge in [-0.05, 0) is 29.8 Å². The van der Waals surface area contributed by atoms with E-state index < -0.39 is 16.7 Å². The van der Waals surface area contributed by atoms with Crippen molar-refractivity contribution < 1.29 is 14.5 Å². The molecule has 1 fully saturated rings. The fourth-order valence-electron chi connectivity index (χ4n) is 5.22. The number of hydrogen-bond acceptors (Lipinski definition) is 9. The third-order valence-corrected chi connectivity index (χ3v) is 7.46. The summed E-state index contributed by atoms with van der Waals surface area (Å²) < 4.78 is 0. The van der Waals surface area contributed by atoms with Crippen molar-refractivity contribution in [2.45, 2.75) is 18.5 Å². The maximum Gasteiger partial charge on any atom is 0.269 e. The van der Waals surface area contributed by atoms with Gasteiger partial charge in [-0.3, -0.25) is 30.1 Å². The minimum absolute atomic E-state index is 0.0279. The van der Waals surface area contributed by atoms with E-state index in [4.69, 9.17) is 17.3 Å². The van der Waals surface area contributed by atoms with Gasteiger partial charge in [0.15, 0.2) is 11.6 Å². The minimum atomic E-state index is -1.09. The van der Waals surface area contributed by atoms with Crippen LogP contribution < -0.4 is 21.5 Å². The molecule has 2 unspecified atom stereocenters. The standard InChI is InChI=1S/C29H20ClN7O4/c30-16-7-11-17(12-8-16)36-22(15-5-9-18(10-6-15)37(40)41)13-23(35-36)33-29-21(14-31)25(32)24-26(34-29)28(39)20-4-2-1-3-19(20)27(24)38/h1-12,22,26,34H,13,32H2,(H,33,35). The number of nitriles is 1. The number of Topliss-reactive ketones (excluding diaryl/α,β-unsaturated/α-hetero) is 2. The van der Waals surface area contributed by atoms with Gasteiger partial charge in [0.25, 0.3) is 5.69 Å². The van der Waals surface area contributed by atoms with Gasteiger partial charge < -0.3 is 11.1 Å². The molecule has 2 heterocycles. The molecule has 2 atom stereocenters. The van der Waals surface area contributed by atoms with Crippen LogP contribution in [-0.4, -0.2) is 28.4 Å². The predicted molar refractivity (Wildman–Crippen MR) is 151 cm³/mol. The number of hydrazine groups is 1. The lowest BCUT2D eigenvalue weighted by Gasteiger charge is -2.31. The van der Waals surface area contributed by atoms with E-state index in [-0.39, 0.29) is 51.3 Å². The summed E-state index contributed by atoms with van der Waals surface area (Å²) in [4.78, 5) is 42.0. The number of ketones is 2. The zero-order valence-corrected chi connectivity index (χ0v) is 21.9. The van der Waals surface area contributed by atoms with Crippen LogP contribution in [0, 0.1) is 21.4 Å². The Bertz CT molecular complexity index is 1770. The Kier molecular flexibility index (Phi) is 6.25. The maximum absolute atomic E-state index is 13.4. The molecule has 0 radical (unpaired) electrons. The van der Waals surface area contributed by atoms with Crippen molar-refractivity contribution in [3.8, 4) is 6.07 Å². The van der Waals surface area contributed by atoms with Crippen molar-refractivity contribution in [2.24, 2.45) is 10.7 Å². The van der Waals surface area contributed by atoms with Crippen LogP contribution in [-0.2, 0) is 0 Å². The Hall–Kier alpha value is -5.47. The fourth-order valence-corrected chi connectivity index (χ4v) is 5.35. The number of nitrogens with one attached hydrogen (secondary N) is 2. The molecule has 0 spiro atoms. The van der Waals surface area contributed by atoms with Crippen molar-refractivity contribution in [3.63, 3.8) is 0 Å². The van der Waals surface area contributed by atoms with E-state index >= 15 is 0 Å². The van der Waals surface area contributed by atoms with Gasteiger partial charge in [0.05, 0.1) is 27.9 Å². The Labute approximate surface area is 238 Å². The number of allylic oxidation sites excluding steroid dienone is 1. The number of benzene rings is 3. The molecule has 0 amide bonds. The van der Waals surface area contributed by atoms with E-state index in [9.17, 15) is 25.0 Å². The number of fused-ring (bicyclic) bond motifs is 2. The average Bonchev–Trinajstić information content (AvgIpc) is 3.40. The highest BCUT2D eigenvalue weighted by molar-refractivity contribution is 6.30. The van der Waals surface area contributed by atoms with Crippen molar-refractivity contribution in [1.29, 1.82) is 5.26 Å². The molecule has 4 N–H and O–H groups in total. The summed E-state index contributed by atoms with van der Waals surface area (Å²) in [6.45, 7) is 0. The smallest absolute Gasteiger partial charge is 0.269 e. The van der Waals surface area contributed by atoms with Crippen LogP contribution in [0.2, 0.25) is 5.02 Å². The van der Waals surface area contributed by atoms with Crippen LogP contribution in [0.3, 0.4) is 0 Å². The zero-order valence-electron chi connectivity index (χ0n) is 21.2. The van der Waals surface area contributed by atoms with E-state index in [0.717, 1.165) is 11.3 Å². The molecule has 0 bridgehead atoms. The summed E-state index contributed by atoms with van der Waals surface area (Å²) in [5, 5.41) is 26.5. The molecule has 41 heavy (non-hydrogen) atoms. The summed E-state index contributed by atoms with van der Waals surface area (Å²) in [6.07, 6.45) is 0.321. The highest BCUT2D eigenvalue weighted by Gasteiger charge is 2.43. The lowest BCUT2D eigenvalue weighted by Crippen LogP contribution is -2.48. The molecule has 1 aliphatic carbocycles. The van der Waals surface area contributed by atoms with Crippen LogP contribution in [0.25, 0.3) is 0 Å². The zero-order chi connectivity index (χ0) is 28.8. The van der Waals surface area contributed by atoms with E-state index in [1.807, 2.05) is 23.2 Å². The van der Waals surface area contributed by atoms with E-state index in [2.05, 4.69) is 15.7 Å². The number of nitro groups is 1. The highest BCUT2D eigenvalue weighted by Crippen LogP contribution is 2.36. The van der Waals surface area contributed by atoms with Gasteiger partial charge >= 0.3 is 0 Å². The van der Waals surface area contributed by atoms with E-state index in [0.29, 0.717) is 17.3 Å². The van der Waals surface area contributed by atoms with Crippen molar-refractivity contribution in [2.75, 3.05) is 5.01 Å². The molecule has 1 saturated heterocycles. The predicted octanol–water partition coefficient (Wildman–Crippen LogP) is 4.10. The molecule has 3 aliphatic rings. The van der Waals surface area contributed by atoms with Gasteiger partial charge in [-0.1, -0.05) is 48.0 Å². The van der Waals surface area contributed by atoms with Gasteiger partial charge in [0.1, 0.15) is 29.3 Å². The average molecular weight is 566 g/mol. The summed E-state index contributed by atoms with van der Waals surface area (Å²) in [5.74, 6) is -0.272. The van der Waals surface area contributed by atoms with Crippen LogP contribution in [0.4, 0.5) is 11.4 Å². The number of amidine groups is 1. The number of dihydropyridines is 1. The molecular weight excluding hydrogens is 546 g/mol. The molecule has 6 rings (SSSR count). The number of aliphatic imine (C=N–C) groups is 1. The number of rotatable bonds is 4. The number of non-ortho nitro benzene ring substituents is 1. The number of carbonyl (C=O) groups is 2. The first-order chi connectivity index (χ1) is 19.8. The van der Waals surface area contributed by atoms with Crippen molar-refractivity contribution in [1.82, 2.24) is 10.7 Å². The van der Waals surface area contributed by atoms with E-state index in [1.165, 1.54) is 12.1 Å². The second kappa shape index (κ2) is 9.93. The number of nitro benzene ring substituents is 1. The second-order valence-corrected chi connectivity index (χ2v) is 10.0. The Morgan fingerprint density at radius 1 is 1.05 bits per heavy atom. The van der Waals surface area contributed by atoms with Crippen molar-refractivity contribution in [3.05, 3.63) is 127 Å². The van der Waals surface area contributed by atoms with Crippen LogP contribution >= 0.6 is 11.6 Å². The molecule has 11 nitrogen and oxygen atoms in total. The monoisotopic (exact) mass is 565 g/mol. The molecule has 0 aromatic heterocycles. The minimum Gasteiger partial charge on any atom is -0.397 e. The van der Waals surface area contributed by atoms with Gasteiger partial charge in [0, 0.05) is 34.7 Å². The number of anilines is 1. The van der Waals surface area contributed by atoms with Gasteiger partial charge in [-0.25, -0.2) is 4.99 Å². The van der Waals surface area contributed by atoms with Gasteiger partial charge in [0.2, 0.25) is 0 Å². The van der Waals surface area contributed by atoms with Crippen LogP contribution in [0.5, 0.6) is 0 Å². The Morgan fingerprint density at radius 2 is 1.73 bits per heavy atom. The number of nitrogens with zero attached hydrogens (tertiary/aromatic N) is 4. The SMILES string of the molecule is N#CC1=C(/N=C2\CC(c3ccc([N+](=O)[O-])cc3)N(c3ccc(Cl)cc3)N2)NC2C(=O)c3ccccc3C(=O)C2=C1N. The molecule has 0 saturated carbocycles. The second-order valence-electron chi connectivity index (χ2n) is 9.56. The first kappa shape index (κ1) is 25.8. The number of halogens is 1. The van der Waals surface area contributed by atoms with Crippen LogP contribution in [0.1, 0.15) is 38.7 Å². The molecule has 2 aliphatic heterocycles. The summed E-state index contributed by atoms with van der Waals surface area (Å²) >= 11 is 6.09. The quantitative estimate of drug-likeness (QED) is 0.311. The fraction of sp³-hybridized carbons (Fsp3) is 0.103. The Morgan fingerprint density at radius 3 is 2.39 bits per heavy atom. The normalized spacial score (nSPS) is 20.8. The van der Waals surface area contributed by atoms with Gasteiger partial charge in [-0.2, -0.15) is 5.26 Å². The number of carbonyl (C=O) groups excluding carboxylic acids is 2. The largest absolute Gasteiger partial charge is 0.397 e. The lowest BCUT2D eigenvalue weighted by atomic mass is 9.79. The molecule has 3 aromatic carbocycles. The molecule has 202 valence electrons. The molecular formula is C29H20ClN7O4. The van der Waals surface area contributed by atoms with Gasteiger partial charge in [-0.15, -0.1) is 0 Å². The third kappa shape index (κ3) is 4.36. The molecule has 12 heteroatoms. The van der Waals surface area contributed by atoms with Crippen molar-refractivity contribution >= 4 is 40.4 Å². The topological polar surface area (TPSA) is 167 Å². The highest BCUT2D eigenvalue weighted by atomic mass is 35.5. The number of hydrogen-bond donors (Lipinski definition) is 3. The Balaban J connectivity index is 1.40. The first-order valence-electron chi connectivity index (χ1n) is 12.5. The lowest BCUT2D eigenvalue weighted by molar-refractivity contribution is -0.384. The maximum atomic E-state index is 13.4. The summed E-state index contributed by atoms with van der Waals surface area (Å²) in [6, 6.07) is 20.4. The van der Waals surface area contributed by atoms with E-state index in [1.54, 1.807) is 48.5 Å². The summed E-state index contributed by atoms with van der Waals surface area (Å²) in [7, 11) is 0. The first-order valence-corrected chi connectivity index (χ1v) is 12.9. The van der Waals surface area contributed by atoms with Crippen LogP contribution in [0.15, 0.2) is 100 Å². The summed E-state index contributed by atoms with van der Waals surface area (Å²) in [5.41, 5.74) is 11.5. The third-order valence-electron chi connectivity index (χ3n) is 7.21. The molecule has 3 aromatic rings.